The van der Waals surface area contributed by atoms with Gasteiger partial charge >= 0.3 is 12.1 Å². The zero-order valence-corrected chi connectivity index (χ0v) is 17.0. The fraction of sp³-hybridized carbons (Fsp3) is 0.417. The minimum Gasteiger partial charge on any atom is -0.480 e. The molecule has 2 saturated heterocycles. The lowest BCUT2D eigenvalue weighted by molar-refractivity contribution is -0.148. The van der Waals surface area contributed by atoms with E-state index in [1.807, 2.05) is 31.3 Å². The lowest BCUT2D eigenvalue weighted by Crippen LogP contribution is -2.62. The van der Waals surface area contributed by atoms with Crippen molar-refractivity contribution in [2.75, 3.05) is 13.7 Å². The molecule has 3 aliphatic rings. The van der Waals surface area contributed by atoms with E-state index in [4.69, 9.17) is 4.74 Å². The standard InChI is InChI=1S/C24H26N2O4/c1-26-15-10-11-16(26)13-24(12-15,22(27)28)25-23(29)30-14-21-19-8-4-2-6-17(19)18-7-3-5-9-20(18)21/h2-9,15-16,21H,10-14H2,1H3,(H,25,29)(H,27,28). The maximum absolute atomic E-state index is 12.7. The van der Waals surface area contributed by atoms with Crippen LogP contribution in [0.3, 0.4) is 0 Å². The van der Waals surface area contributed by atoms with E-state index < -0.39 is 17.6 Å². The number of piperidine rings is 1. The zero-order chi connectivity index (χ0) is 20.9. The molecular weight excluding hydrogens is 380 g/mol. The van der Waals surface area contributed by atoms with Crippen molar-refractivity contribution in [1.29, 1.82) is 0 Å². The van der Waals surface area contributed by atoms with Crippen molar-refractivity contribution >= 4 is 12.1 Å². The first kappa shape index (κ1) is 19.1. The van der Waals surface area contributed by atoms with Crippen LogP contribution in [-0.2, 0) is 9.53 Å². The van der Waals surface area contributed by atoms with Gasteiger partial charge < -0.3 is 20.1 Å². The molecule has 2 N–H and O–H groups in total. The summed E-state index contributed by atoms with van der Waals surface area (Å²) in [4.78, 5) is 27.1. The van der Waals surface area contributed by atoms with Crippen LogP contribution < -0.4 is 5.32 Å². The summed E-state index contributed by atoms with van der Waals surface area (Å²) in [5.41, 5.74) is 3.35. The normalized spacial score (nSPS) is 27.4. The monoisotopic (exact) mass is 406 g/mol. The molecule has 6 nitrogen and oxygen atoms in total. The fourth-order valence-electron chi connectivity index (χ4n) is 5.63. The molecule has 6 heteroatoms. The first-order valence-corrected chi connectivity index (χ1v) is 10.6. The van der Waals surface area contributed by atoms with E-state index >= 15 is 0 Å². The van der Waals surface area contributed by atoms with Crippen molar-refractivity contribution in [3.8, 4) is 11.1 Å². The molecule has 2 aromatic carbocycles. The van der Waals surface area contributed by atoms with Crippen LogP contribution in [0.4, 0.5) is 4.79 Å². The average Bonchev–Trinajstić information content (AvgIpc) is 3.15. The average molecular weight is 406 g/mol. The molecule has 2 aromatic rings. The third-order valence-electron chi connectivity index (χ3n) is 7.25. The Kier molecular flexibility index (Phi) is 4.54. The lowest BCUT2D eigenvalue weighted by atomic mass is 9.83. The largest absolute Gasteiger partial charge is 0.480 e. The van der Waals surface area contributed by atoms with Crippen LogP contribution in [-0.4, -0.2) is 53.3 Å². The van der Waals surface area contributed by atoms with Gasteiger partial charge in [0.25, 0.3) is 0 Å². The number of hydrogen-bond acceptors (Lipinski definition) is 4. The van der Waals surface area contributed by atoms with Gasteiger partial charge in [0.05, 0.1) is 0 Å². The fourth-order valence-corrected chi connectivity index (χ4v) is 5.63. The number of hydrogen-bond donors (Lipinski definition) is 2. The summed E-state index contributed by atoms with van der Waals surface area (Å²) in [6.07, 6.45) is 2.13. The van der Waals surface area contributed by atoms with Crippen LogP contribution in [0.15, 0.2) is 48.5 Å². The smallest absolute Gasteiger partial charge is 0.408 e. The predicted octanol–water partition coefficient (Wildman–Crippen LogP) is 3.61. The number of carboxylic acids is 1. The Balaban J connectivity index is 1.31. The number of nitrogens with zero attached hydrogens (tertiary/aromatic N) is 1. The Hall–Kier alpha value is -2.86. The minimum atomic E-state index is -1.25. The SMILES string of the molecule is CN1C2CCC1CC(NC(=O)OCC1c3ccccc3-c3ccccc31)(C(=O)O)C2. The van der Waals surface area contributed by atoms with E-state index in [9.17, 15) is 14.7 Å². The molecule has 2 aliphatic heterocycles. The second-order valence-electron chi connectivity index (χ2n) is 8.80. The number of alkyl carbamates (subject to hydrolysis) is 1. The van der Waals surface area contributed by atoms with E-state index in [0.717, 1.165) is 35.1 Å². The molecular formula is C24H26N2O4. The van der Waals surface area contributed by atoms with E-state index in [1.165, 1.54) is 0 Å². The van der Waals surface area contributed by atoms with Gasteiger partial charge in [0.15, 0.2) is 0 Å². The van der Waals surface area contributed by atoms with Gasteiger partial charge in [-0.25, -0.2) is 9.59 Å². The molecule has 2 fully saturated rings. The van der Waals surface area contributed by atoms with E-state index in [0.29, 0.717) is 12.8 Å². The number of carboxylic acid groups (broad SMARTS) is 1. The van der Waals surface area contributed by atoms with Crippen LogP contribution in [0.5, 0.6) is 0 Å². The molecule has 0 aromatic heterocycles. The molecule has 0 radical (unpaired) electrons. The summed E-state index contributed by atoms with van der Waals surface area (Å²) in [6.45, 7) is 0.183. The topological polar surface area (TPSA) is 78.9 Å². The maximum atomic E-state index is 12.7. The molecule has 2 unspecified atom stereocenters. The number of nitrogens with one attached hydrogen (secondary N) is 1. The number of benzene rings is 2. The maximum Gasteiger partial charge on any atom is 0.408 e. The molecule has 156 valence electrons. The third kappa shape index (κ3) is 2.98. The molecule has 0 saturated carbocycles. The van der Waals surface area contributed by atoms with Gasteiger partial charge in [-0.15, -0.1) is 0 Å². The quantitative estimate of drug-likeness (QED) is 0.811. The van der Waals surface area contributed by atoms with Crippen LogP contribution in [0.2, 0.25) is 0 Å². The number of aliphatic carboxylic acids is 1. The van der Waals surface area contributed by atoms with Crippen LogP contribution in [0.1, 0.15) is 42.7 Å². The van der Waals surface area contributed by atoms with E-state index in [1.54, 1.807) is 0 Å². The van der Waals surface area contributed by atoms with Crippen molar-refractivity contribution in [2.24, 2.45) is 0 Å². The first-order valence-electron chi connectivity index (χ1n) is 10.6. The first-order chi connectivity index (χ1) is 14.5. The van der Waals surface area contributed by atoms with Gasteiger partial charge in [-0.2, -0.15) is 0 Å². The molecule has 0 spiro atoms. The molecule has 2 heterocycles. The Morgan fingerprint density at radius 2 is 1.57 bits per heavy atom. The molecule has 1 amide bonds. The molecule has 1 aliphatic carbocycles. The number of ether oxygens (including phenoxy) is 1. The van der Waals surface area contributed by atoms with Gasteiger partial charge in [0.2, 0.25) is 0 Å². The van der Waals surface area contributed by atoms with Crippen LogP contribution in [0.25, 0.3) is 11.1 Å². The molecule has 5 rings (SSSR count). The van der Waals surface area contributed by atoms with Gasteiger partial charge in [0, 0.05) is 18.0 Å². The van der Waals surface area contributed by atoms with Crippen molar-refractivity contribution < 1.29 is 19.4 Å². The summed E-state index contributed by atoms with van der Waals surface area (Å²) in [5.74, 6) is -1.02. The van der Waals surface area contributed by atoms with Crippen molar-refractivity contribution in [2.45, 2.75) is 49.2 Å². The number of fused-ring (bicyclic) bond motifs is 5. The Labute approximate surface area is 175 Å². The van der Waals surface area contributed by atoms with Gasteiger partial charge in [-0.3, -0.25) is 0 Å². The Bertz CT molecular complexity index is 945. The van der Waals surface area contributed by atoms with Crippen molar-refractivity contribution in [1.82, 2.24) is 10.2 Å². The van der Waals surface area contributed by atoms with Crippen LogP contribution in [0, 0.1) is 0 Å². The lowest BCUT2D eigenvalue weighted by Gasteiger charge is -2.42. The Morgan fingerprint density at radius 1 is 1.03 bits per heavy atom. The highest BCUT2D eigenvalue weighted by atomic mass is 16.5. The molecule has 2 bridgehead atoms. The second kappa shape index (κ2) is 7.13. The summed E-state index contributed by atoms with van der Waals surface area (Å²) >= 11 is 0. The Morgan fingerprint density at radius 3 is 2.10 bits per heavy atom. The highest BCUT2D eigenvalue weighted by Gasteiger charge is 2.52. The summed E-state index contributed by atoms with van der Waals surface area (Å²) < 4.78 is 5.61. The van der Waals surface area contributed by atoms with Crippen molar-refractivity contribution in [3.05, 3.63) is 59.7 Å². The third-order valence-corrected chi connectivity index (χ3v) is 7.25. The summed E-state index contributed by atoms with van der Waals surface area (Å²) in [5, 5.41) is 12.7. The summed E-state index contributed by atoms with van der Waals surface area (Å²) in [6, 6.07) is 16.7. The number of carbonyl (C=O) groups excluding carboxylic acids is 1. The van der Waals surface area contributed by atoms with Gasteiger partial charge in [0.1, 0.15) is 12.1 Å². The zero-order valence-electron chi connectivity index (χ0n) is 17.0. The number of carbonyl (C=O) groups is 2. The molecule has 2 atom stereocenters. The summed E-state index contributed by atoms with van der Waals surface area (Å²) in [7, 11) is 2.04. The van der Waals surface area contributed by atoms with E-state index in [2.05, 4.69) is 34.5 Å². The van der Waals surface area contributed by atoms with Gasteiger partial charge in [-0.1, -0.05) is 48.5 Å². The number of amides is 1. The highest BCUT2D eigenvalue weighted by Crippen LogP contribution is 2.44. The van der Waals surface area contributed by atoms with Crippen LogP contribution >= 0.6 is 0 Å². The second-order valence-corrected chi connectivity index (χ2v) is 8.80. The van der Waals surface area contributed by atoms with Gasteiger partial charge in [-0.05, 0) is 55.0 Å². The number of rotatable bonds is 4. The highest BCUT2D eigenvalue weighted by molar-refractivity contribution is 5.85. The minimum absolute atomic E-state index is 0.0439. The van der Waals surface area contributed by atoms with E-state index in [-0.39, 0.29) is 24.6 Å². The molecule has 30 heavy (non-hydrogen) atoms. The predicted molar refractivity (Wildman–Crippen MR) is 112 cm³/mol. The van der Waals surface area contributed by atoms with Crippen molar-refractivity contribution in [3.63, 3.8) is 0 Å².